The SMILES string of the molecule is CC.CC.CC.CC.Cc1nccc2cc(F)ccc12.Cc1nccc2cc(OCC3CCC3)ccc12.O=c1[nH]ccc2cc(OCC3CCC3)ccc12.O=c1[nH]ccc2cc(OCC3CCC3)ccc12.[CH3-].[CH3-].[CH3-].[CH3-].[Y].[Y].[Y].[Y]. The second-order valence-electron chi connectivity index (χ2n) is 17.0. The van der Waals surface area contributed by atoms with Crippen molar-refractivity contribution in [2.45, 2.75) is 127 Å². The van der Waals surface area contributed by atoms with Crippen LogP contribution in [0.4, 0.5) is 4.39 Å². The molecule has 3 aliphatic carbocycles. The maximum Gasteiger partial charge on any atom is 0.255 e. The number of rotatable bonds is 9. The van der Waals surface area contributed by atoms with Crippen LogP contribution in [0.3, 0.4) is 0 Å². The number of nitrogens with zero attached hydrogens (tertiary/aromatic N) is 2. The number of hydrogen-bond acceptors (Lipinski definition) is 7. The molecule has 11 rings (SSSR count). The first kappa shape index (κ1) is 85.7. The summed E-state index contributed by atoms with van der Waals surface area (Å²) in [4.78, 5) is 36.8. The van der Waals surface area contributed by atoms with Gasteiger partial charge in [-0.1, -0.05) is 74.7 Å². The molecule has 79 heavy (non-hydrogen) atoms. The summed E-state index contributed by atoms with van der Waals surface area (Å²) in [7, 11) is 0. The van der Waals surface area contributed by atoms with Crippen molar-refractivity contribution in [2.75, 3.05) is 19.8 Å². The molecule has 0 aliphatic heterocycles. The molecule has 0 amide bonds. The Bertz CT molecular complexity index is 2840. The number of aromatic nitrogens is 4. The molecule has 4 heterocycles. The summed E-state index contributed by atoms with van der Waals surface area (Å²) in [5, 5.41) is 7.63. The van der Waals surface area contributed by atoms with Crippen molar-refractivity contribution in [2.24, 2.45) is 17.8 Å². The van der Waals surface area contributed by atoms with E-state index in [9.17, 15) is 14.0 Å². The fourth-order valence-electron chi connectivity index (χ4n) is 7.84. The van der Waals surface area contributed by atoms with Gasteiger partial charge in [0.1, 0.15) is 23.1 Å². The van der Waals surface area contributed by atoms with Crippen LogP contribution >= 0.6 is 0 Å². The third-order valence-corrected chi connectivity index (χ3v) is 12.5. The Kier molecular flexibility index (Phi) is 52.3. The molecule has 0 spiro atoms. The zero-order valence-corrected chi connectivity index (χ0v) is 61.7. The van der Waals surface area contributed by atoms with Crippen molar-refractivity contribution >= 4 is 43.1 Å². The standard InChI is InChI=1S/C15H17NO.2C14H15NO2.C10H8FN.4C2H6.4CH3.4Y/c1-11-15-6-5-14(9-13(15)7-8-16-11)17-10-12-3-2-4-12;2*16-14-13-5-4-12(8-11(13)6-7-15-14)17-9-10-2-1-3-10;1-7-10-3-2-9(11)6-8(10)4-5-12-7;4*1-2;;;;;;;;/h5-9,12H,2-4,10H2,1H3;2*4-8,10H,1-3,9H2,(H,15,16);2-6H,1H3;4*1-2H3;4*1H3;;;;/q;;;;;;;;4*-1;;;;. The number of hydrogen-bond donors (Lipinski definition) is 2. The van der Waals surface area contributed by atoms with Gasteiger partial charge in [-0.05, 0) is 189 Å². The number of H-pyrrole nitrogens is 2. The molecule has 0 unspecified atom stereocenters. The molecule has 2 N–H and O–H groups in total. The molecule has 0 bridgehead atoms. The fourth-order valence-corrected chi connectivity index (χ4v) is 7.84. The van der Waals surface area contributed by atoms with Gasteiger partial charge in [0, 0.05) is 189 Å². The quantitative estimate of drug-likeness (QED) is 0.138. The molecule has 4 radical (unpaired) electrons. The van der Waals surface area contributed by atoms with Crippen molar-refractivity contribution in [3.8, 4) is 17.2 Å². The van der Waals surface area contributed by atoms with Crippen LogP contribution < -0.4 is 25.3 Å². The average molecular weight is 1380 g/mol. The number of benzene rings is 4. The summed E-state index contributed by atoms with van der Waals surface area (Å²) in [5.41, 5.74) is 1.92. The Morgan fingerprint density at radius 3 is 1.04 bits per heavy atom. The summed E-state index contributed by atoms with van der Waals surface area (Å²) in [6, 6.07) is 29.9. The second-order valence-corrected chi connectivity index (χ2v) is 17.0. The van der Waals surface area contributed by atoms with Gasteiger partial charge in [0.25, 0.3) is 11.1 Å². The number of pyridine rings is 4. The summed E-state index contributed by atoms with van der Waals surface area (Å²) < 4.78 is 30.1. The molecular weight excluding hydrogens is 1290 g/mol. The predicted octanol–water partition coefficient (Wildman–Crippen LogP) is 17.7. The van der Waals surface area contributed by atoms with E-state index in [2.05, 4.69) is 38.1 Å². The van der Waals surface area contributed by atoms with Gasteiger partial charge in [0.15, 0.2) is 0 Å². The Hall–Kier alpha value is -2.13. The first-order chi connectivity index (χ1) is 34.8. The molecule has 9 nitrogen and oxygen atoms in total. The summed E-state index contributed by atoms with van der Waals surface area (Å²) >= 11 is 0. The number of aromatic amines is 2. The molecule has 0 atom stereocenters. The fraction of sp³-hybridized carbons (Fsp3) is 0.385. The normalized spacial score (nSPS) is 12.1. The Morgan fingerprint density at radius 1 is 0.430 bits per heavy atom. The van der Waals surface area contributed by atoms with Gasteiger partial charge in [0.2, 0.25) is 0 Å². The minimum Gasteiger partial charge on any atom is -0.493 e. The van der Waals surface area contributed by atoms with Gasteiger partial charge < -0.3 is 53.9 Å². The van der Waals surface area contributed by atoms with E-state index >= 15 is 0 Å². The number of halogens is 1. The summed E-state index contributed by atoms with van der Waals surface area (Å²) in [6.07, 6.45) is 18.7. The van der Waals surface area contributed by atoms with E-state index in [0.717, 1.165) is 87.8 Å². The molecule has 424 valence electrons. The molecule has 14 heteroatoms. The van der Waals surface area contributed by atoms with E-state index in [4.69, 9.17) is 14.2 Å². The van der Waals surface area contributed by atoms with Crippen LogP contribution in [0, 0.1) is 67.1 Å². The monoisotopic (exact) mass is 1380 g/mol. The first-order valence-corrected chi connectivity index (χ1v) is 26.2. The molecule has 3 fully saturated rings. The van der Waals surface area contributed by atoms with Gasteiger partial charge >= 0.3 is 0 Å². The molecule has 8 aromatic rings. The average Bonchev–Trinajstić information content (AvgIpc) is 3.36. The van der Waals surface area contributed by atoms with Crippen molar-refractivity contribution in [3.63, 3.8) is 0 Å². The smallest absolute Gasteiger partial charge is 0.255 e. The van der Waals surface area contributed by atoms with E-state index in [-0.39, 0.29) is 177 Å². The molecule has 4 aromatic heterocycles. The summed E-state index contributed by atoms with van der Waals surface area (Å²) in [6.45, 7) is 22.4. The maximum absolute atomic E-state index is 12.7. The van der Waals surface area contributed by atoms with E-state index in [1.807, 2.05) is 136 Å². The van der Waals surface area contributed by atoms with Crippen LogP contribution in [-0.4, -0.2) is 39.8 Å². The van der Waals surface area contributed by atoms with Crippen LogP contribution in [0.1, 0.15) is 125 Å². The van der Waals surface area contributed by atoms with Crippen LogP contribution in [0.2, 0.25) is 0 Å². The number of aryl methyl sites for hydroxylation is 2. The van der Waals surface area contributed by atoms with Gasteiger partial charge in [-0.25, -0.2) is 4.39 Å². The number of fused-ring (bicyclic) bond motifs is 4. The van der Waals surface area contributed by atoms with Crippen LogP contribution in [0.25, 0.3) is 43.1 Å². The molecule has 4 aromatic carbocycles. The minimum absolute atomic E-state index is 0. The van der Waals surface area contributed by atoms with Crippen molar-refractivity contribution in [1.29, 1.82) is 0 Å². The topological polar surface area (TPSA) is 119 Å². The van der Waals surface area contributed by atoms with Gasteiger partial charge in [-0.3, -0.25) is 19.6 Å². The molecule has 3 aliphatic rings. The van der Waals surface area contributed by atoms with Crippen molar-refractivity contribution < 1.29 is 149 Å². The molecule has 3 saturated carbocycles. The number of ether oxygens (including phenoxy) is 3. The van der Waals surface area contributed by atoms with E-state index in [1.165, 1.54) is 80.7 Å². The zero-order chi connectivity index (χ0) is 51.5. The van der Waals surface area contributed by atoms with Crippen LogP contribution in [0.5, 0.6) is 17.2 Å². The molecule has 0 saturated heterocycles. The second kappa shape index (κ2) is 48.3. The van der Waals surface area contributed by atoms with E-state index in [1.54, 1.807) is 24.7 Å². The summed E-state index contributed by atoms with van der Waals surface area (Å²) in [5.74, 6) is 4.73. The molecular formula is C65H91FN4O5Y4-4. The van der Waals surface area contributed by atoms with Crippen LogP contribution in [0.15, 0.2) is 131 Å². The maximum atomic E-state index is 12.7. The minimum atomic E-state index is -0.201. The van der Waals surface area contributed by atoms with E-state index in [0.29, 0.717) is 10.8 Å². The van der Waals surface area contributed by atoms with Gasteiger partial charge in [-0.15, -0.1) is 0 Å². The Balaban J connectivity index is -0.000000287. The van der Waals surface area contributed by atoms with Crippen LogP contribution in [-0.2, 0) is 131 Å². The predicted molar refractivity (Wildman–Crippen MR) is 322 cm³/mol. The Labute approximate surface area is 576 Å². The number of nitrogens with one attached hydrogen (secondary N) is 2. The Morgan fingerprint density at radius 2 is 0.722 bits per heavy atom. The first-order valence-electron chi connectivity index (χ1n) is 26.2. The largest absolute Gasteiger partial charge is 0.493 e. The van der Waals surface area contributed by atoms with Crippen molar-refractivity contribution in [1.82, 2.24) is 19.9 Å². The zero-order valence-electron chi connectivity index (χ0n) is 50.4. The third-order valence-electron chi connectivity index (χ3n) is 12.5. The van der Waals surface area contributed by atoms with Crippen molar-refractivity contribution in [3.05, 3.63) is 189 Å². The third kappa shape index (κ3) is 27.4. The van der Waals surface area contributed by atoms with Gasteiger partial charge in [0.05, 0.1) is 19.8 Å². The van der Waals surface area contributed by atoms with Gasteiger partial charge in [-0.2, -0.15) is 0 Å². The van der Waals surface area contributed by atoms with E-state index < -0.39 is 0 Å².